The molecule has 7 nitrogen and oxygen atoms in total. The van der Waals surface area contributed by atoms with E-state index in [4.69, 9.17) is 4.74 Å². The van der Waals surface area contributed by atoms with E-state index in [1.54, 1.807) is 27.7 Å². The average Bonchev–Trinajstić information content (AvgIpc) is 2.24. The number of carbonyl (C=O) groups is 3. The van der Waals surface area contributed by atoms with Crippen LogP contribution in [-0.2, 0) is 23.9 Å². The van der Waals surface area contributed by atoms with Crippen molar-refractivity contribution < 1.29 is 23.9 Å². The third-order valence-corrected chi connectivity index (χ3v) is 1.74. The van der Waals surface area contributed by atoms with Crippen molar-refractivity contribution >= 4 is 17.8 Å². The molecule has 0 rings (SSSR count). The maximum atomic E-state index is 11.3. The van der Waals surface area contributed by atoms with Crippen molar-refractivity contribution in [1.29, 1.82) is 0 Å². The van der Waals surface area contributed by atoms with Crippen LogP contribution in [0.5, 0.6) is 0 Å². The number of hydrazine groups is 1. The van der Waals surface area contributed by atoms with E-state index in [9.17, 15) is 14.4 Å². The fourth-order valence-electron chi connectivity index (χ4n) is 1.10. The van der Waals surface area contributed by atoms with Crippen LogP contribution in [0, 0.1) is 0 Å². The Morgan fingerprint density at radius 3 is 2.21 bits per heavy atom. The molecular formula is C12H22N2O5. The fraction of sp³-hybridized carbons (Fsp3) is 0.750. The Labute approximate surface area is 113 Å². The molecule has 0 radical (unpaired) electrons. The van der Waals surface area contributed by atoms with Gasteiger partial charge in [0.2, 0.25) is 5.91 Å². The van der Waals surface area contributed by atoms with Gasteiger partial charge in [-0.3, -0.25) is 19.8 Å². The highest BCUT2D eigenvalue weighted by Gasteiger charge is 2.16. The molecule has 0 aromatic heterocycles. The minimum atomic E-state index is -0.563. The molecule has 0 aliphatic carbocycles. The van der Waals surface area contributed by atoms with E-state index in [0.29, 0.717) is 0 Å². The number of nitrogens with one attached hydrogen (secondary N) is 2. The first-order valence-corrected chi connectivity index (χ1v) is 6.13. The molecule has 0 heterocycles. The van der Waals surface area contributed by atoms with Gasteiger partial charge in [0.15, 0.2) is 0 Å². The second-order valence-corrected chi connectivity index (χ2v) is 4.79. The van der Waals surface area contributed by atoms with Gasteiger partial charge in [0, 0.05) is 6.42 Å². The van der Waals surface area contributed by atoms with Gasteiger partial charge >= 0.3 is 11.9 Å². The molecule has 2 N–H and O–H groups in total. The van der Waals surface area contributed by atoms with Gasteiger partial charge in [-0.2, -0.15) is 0 Å². The Morgan fingerprint density at radius 1 is 1.05 bits per heavy atom. The van der Waals surface area contributed by atoms with Crippen LogP contribution in [0.1, 0.15) is 40.5 Å². The summed E-state index contributed by atoms with van der Waals surface area (Å²) in [5.74, 6) is -1.29. The molecule has 1 amide bonds. The number of hydrogen-bond acceptors (Lipinski definition) is 6. The van der Waals surface area contributed by atoms with Crippen LogP contribution in [0.3, 0.4) is 0 Å². The number of ether oxygens (including phenoxy) is 2. The monoisotopic (exact) mass is 274 g/mol. The Kier molecular flexibility index (Phi) is 7.74. The van der Waals surface area contributed by atoms with E-state index >= 15 is 0 Å². The Morgan fingerprint density at radius 2 is 1.68 bits per heavy atom. The number of rotatable bonds is 7. The molecule has 0 saturated heterocycles. The van der Waals surface area contributed by atoms with Crippen molar-refractivity contribution in [1.82, 2.24) is 10.9 Å². The molecule has 0 aliphatic heterocycles. The predicted octanol–water partition coefficient (Wildman–Crippen LogP) is 0.292. The quantitative estimate of drug-likeness (QED) is 0.512. The SMILES string of the molecule is CCOC(=O)CCC(=O)NNCC(=O)OC(C)(C)C. The van der Waals surface area contributed by atoms with E-state index in [1.165, 1.54) is 0 Å². The average molecular weight is 274 g/mol. The highest BCUT2D eigenvalue weighted by molar-refractivity contribution is 5.81. The molecule has 0 aromatic rings. The standard InChI is InChI=1S/C12H22N2O5/c1-5-18-10(16)7-6-9(15)14-13-8-11(17)19-12(2,3)4/h13H,5-8H2,1-4H3,(H,14,15). The van der Waals surface area contributed by atoms with E-state index < -0.39 is 23.4 Å². The number of amides is 1. The van der Waals surface area contributed by atoms with Crippen LogP contribution in [0.15, 0.2) is 0 Å². The van der Waals surface area contributed by atoms with Crippen molar-refractivity contribution in [2.45, 2.75) is 46.1 Å². The molecule has 0 spiro atoms. The molecular weight excluding hydrogens is 252 g/mol. The van der Waals surface area contributed by atoms with Crippen molar-refractivity contribution in [2.24, 2.45) is 0 Å². The van der Waals surface area contributed by atoms with Crippen molar-refractivity contribution in [3.05, 3.63) is 0 Å². The van der Waals surface area contributed by atoms with Gasteiger partial charge in [0.05, 0.1) is 13.0 Å². The molecule has 7 heteroatoms. The van der Waals surface area contributed by atoms with Crippen LogP contribution in [-0.4, -0.2) is 36.6 Å². The van der Waals surface area contributed by atoms with Crippen LogP contribution >= 0.6 is 0 Å². The summed E-state index contributed by atoms with van der Waals surface area (Å²) in [6.45, 7) is 7.11. The predicted molar refractivity (Wildman–Crippen MR) is 67.9 cm³/mol. The molecule has 0 bridgehead atoms. The van der Waals surface area contributed by atoms with Gasteiger partial charge < -0.3 is 9.47 Å². The van der Waals surface area contributed by atoms with E-state index in [0.717, 1.165) is 0 Å². The Balaban J connectivity index is 3.69. The lowest BCUT2D eigenvalue weighted by Gasteiger charge is -2.19. The van der Waals surface area contributed by atoms with Crippen molar-refractivity contribution in [3.8, 4) is 0 Å². The molecule has 0 saturated carbocycles. The summed E-state index contributed by atoms with van der Waals surface area (Å²) in [5, 5.41) is 0. The summed E-state index contributed by atoms with van der Waals surface area (Å²) >= 11 is 0. The second-order valence-electron chi connectivity index (χ2n) is 4.79. The molecule has 0 atom stereocenters. The highest BCUT2D eigenvalue weighted by Crippen LogP contribution is 2.05. The molecule has 0 aliphatic rings. The lowest BCUT2D eigenvalue weighted by molar-refractivity contribution is -0.154. The number of hydrogen-bond donors (Lipinski definition) is 2. The molecule has 0 aromatic carbocycles. The summed E-state index contributed by atoms with van der Waals surface area (Å²) in [6, 6.07) is 0. The summed E-state index contributed by atoms with van der Waals surface area (Å²) in [4.78, 5) is 33.6. The maximum absolute atomic E-state index is 11.3. The lowest BCUT2D eigenvalue weighted by atomic mass is 10.2. The number of esters is 2. The van der Waals surface area contributed by atoms with Gasteiger partial charge in [0.25, 0.3) is 0 Å². The third-order valence-electron chi connectivity index (χ3n) is 1.74. The second kappa shape index (κ2) is 8.47. The van der Waals surface area contributed by atoms with Gasteiger partial charge in [-0.05, 0) is 27.7 Å². The van der Waals surface area contributed by atoms with Gasteiger partial charge in [-0.1, -0.05) is 0 Å². The highest BCUT2D eigenvalue weighted by atomic mass is 16.6. The minimum Gasteiger partial charge on any atom is -0.466 e. The minimum absolute atomic E-state index is 0.000151. The summed E-state index contributed by atoms with van der Waals surface area (Å²) in [7, 11) is 0. The zero-order valence-corrected chi connectivity index (χ0v) is 11.9. The van der Waals surface area contributed by atoms with Gasteiger partial charge in [-0.15, -0.1) is 0 Å². The van der Waals surface area contributed by atoms with Crippen LogP contribution in [0.4, 0.5) is 0 Å². The Hall–Kier alpha value is -1.63. The first-order valence-electron chi connectivity index (χ1n) is 6.13. The topological polar surface area (TPSA) is 93.7 Å². The molecule has 0 unspecified atom stereocenters. The summed E-state index contributed by atoms with van der Waals surface area (Å²) < 4.78 is 9.70. The summed E-state index contributed by atoms with van der Waals surface area (Å²) in [6.07, 6.45) is 0.00788. The fourth-order valence-corrected chi connectivity index (χ4v) is 1.10. The van der Waals surface area contributed by atoms with E-state index in [-0.39, 0.29) is 26.0 Å². The first-order chi connectivity index (χ1) is 8.74. The van der Waals surface area contributed by atoms with Crippen molar-refractivity contribution in [2.75, 3.05) is 13.2 Å². The Bertz CT molecular complexity index is 323. The first kappa shape index (κ1) is 17.4. The molecule has 19 heavy (non-hydrogen) atoms. The van der Waals surface area contributed by atoms with Crippen molar-refractivity contribution in [3.63, 3.8) is 0 Å². The molecule has 110 valence electrons. The van der Waals surface area contributed by atoms with Crippen LogP contribution < -0.4 is 10.9 Å². The third kappa shape index (κ3) is 11.2. The normalized spacial score (nSPS) is 10.7. The zero-order chi connectivity index (χ0) is 14.9. The van der Waals surface area contributed by atoms with Crippen LogP contribution in [0.2, 0.25) is 0 Å². The van der Waals surface area contributed by atoms with Gasteiger partial charge in [-0.25, -0.2) is 5.43 Å². The smallest absolute Gasteiger partial charge is 0.322 e. The van der Waals surface area contributed by atoms with Gasteiger partial charge in [0.1, 0.15) is 12.1 Å². The zero-order valence-electron chi connectivity index (χ0n) is 11.9. The molecule has 0 fully saturated rings. The van der Waals surface area contributed by atoms with E-state index in [1.807, 2.05) is 0 Å². The summed E-state index contributed by atoms with van der Waals surface area (Å²) in [5.41, 5.74) is 4.17. The largest absolute Gasteiger partial charge is 0.466 e. The lowest BCUT2D eigenvalue weighted by Crippen LogP contribution is -2.42. The van der Waals surface area contributed by atoms with E-state index in [2.05, 4.69) is 15.6 Å². The van der Waals surface area contributed by atoms with Crippen LogP contribution in [0.25, 0.3) is 0 Å². The number of carbonyl (C=O) groups excluding carboxylic acids is 3. The maximum Gasteiger partial charge on any atom is 0.322 e.